The van der Waals surface area contributed by atoms with Crippen molar-refractivity contribution in [1.82, 2.24) is 10.2 Å². The summed E-state index contributed by atoms with van der Waals surface area (Å²) >= 11 is 0. The standard InChI is InChI=1S/C23H28N2O3/c1-2-22(26)20-9-11-21(12-10-20)28-17-23(27)24-15-18-5-7-19(8-6-18)16-25-13-3-4-14-25/h5-12H,2-4,13-17H2,1H3,(H,24,27). The van der Waals surface area contributed by atoms with Crippen LogP contribution in [0.4, 0.5) is 0 Å². The summed E-state index contributed by atoms with van der Waals surface area (Å²) in [5.41, 5.74) is 3.04. The highest BCUT2D eigenvalue weighted by Gasteiger charge is 2.11. The molecule has 1 amide bonds. The number of ether oxygens (including phenoxy) is 1. The summed E-state index contributed by atoms with van der Waals surface area (Å²) in [6, 6.07) is 15.3. The molecule has 0 saturated carbocycles. The Morgan fingerprint density at radius 3 is 2.25 bits per heavy atom. The van der Waals surface area contributed by atoms with Crippen molar-refractivity contribution in [2.24, 2.45) is 0 Å². The van der Waals surface area contributed by atoms with Gasteiger partial charge in [-0.1, -0.05) is 31.2 Å². The number of Topliss-reactive ketones (excluding diaryl/α,β-unsaturated/α-hetero) is 1. The predicted molar refractivity (Wildman–Crippen MR) is 109 cm³/mol. The second kappa shape index (κ2) is 10.0. The molecule has 1 heterocycles. The third-order valence-electron chi connectivity index (χ3n) is 4.98. The van der Waals surface area contributed by atoms with E-state index < -0.39 is 0 Å². The highest BCUT2D eigenvalue weighted by atomic mass is 16.5. The molecule has 0 bridgehead atoms. The normalized spacial score (nSPS) is 14.0. The molecule has 1 saturated heterocycles. The molecule has 0 spiro atoms. The first-order valence-electron chi connectivity index (χ1n) is 9.97. The van der Waals surface area contributed by atoms with E-state index in [2.05, 4.69) is 34.5 Å². The van der Waals surface area contributed by atoms with Crippen molar-refractivity contribution in [2.45, 2.75) is 39.3 Å². The van der Waals surface area contributed by atoms with Crippen LogP contribution in [-0.4, -0.2) is 36.3 Å². The van der Waals surface area contributed by atoms with Crippen LogP contribution in [0, 0.1) is 0 Å². The molecule has 0 unspecified atom stereocenters. The fourth-order valence-corrected chi connectivity index (χ4v) is 3.30. The van der Waals surface area contributed by atoms with E-state index in [9.17, 15) is 9.59 Å². The van der Waals surface area contributed by atoms with Crippen LogP contribution >= 0.6 is 0 Å². The van der Waals surface area contributed by atoms with Gasteiger partial charge < -0.3 is 10.1 Å². The Morgan fingerprint density at radius 2 is 1.61 bits per heavy atom. The Balaban J connectivity index is 1.39. The van der Waals surface area contributed by atoms with E-state index in [0.29, 0.717) is 24.3 Å². The SMILES string of the molecule is CCC(=O)c1ccc(OCC(=O)NCc2ccc(CN3CCCC3)cc2)cc1. The molecule has 5 nitrogen and oxygen atoms in total. The fourth-order valence-electron chi connectivity index (χ4n) is 3.30. The van der Waals surface area contributed by atoms with E-state index in [4.69, 9.17) is 4.74 Å². The molecule has 1 aliphatic heterocycles. The number of hydrogen-bond donors (Lipinski definition) is 1. The maximum Gasteiger partial charge on any atom is 0.258 e. The van der Waals surface area contributed by atoms with Crippen molar-refractivity contribution in [3.8, 4) is 5.75 Å². The van der Waals surface area contributed by atoms with Crippen molar-refractivity contribution < 1.29 is 14.3 Å². The van der Waals surface area contributed by atoms with E-state index in [-0.39, 0.29) is 18.3 Å². The molecule has 28 heavy (non-hydrogen) atoms. The predicted octanol–water partition coefficient (Wildman–Crippen LogP) is 3.57. The fraction of sp³-hybridized carbons (Fsp3) is 0.391. The van der Waals surface area contributed by atoms with E-state index in [1.807, 2.05) is 6.92 Å². The van der Waals surface area contributed by atoms with Gasteiger partial charge in [0.2, 0.25) is 0 Å². The minimum Gasteiger partial charge on any atom is -0.484 e. The summed E-state index contributed by atoms with van der Waals surface area (Å²) < 4.78 is 5.49. The van der Waals surface area contributed by atoms with Crippen molar-refractivity contribution >= 4 is 11.7 Å². The molecule has 0 aliphatic carbocycles. The molecule has 0 atom stereocenters. The number of carbonyl (C=O) groups is 2. The van der Waals surface area contributed by atoms with Gasteiger partial charge in [-0.2, -0.15) is 0 Å². The summed E-state index contributed by atoms with van der Waals surface area (Å²) in [6.45, 7) is 5.65. The summed E-state index contributed by atoms with van der Waals surface area (Å²) in [4.78, 5) is 26.1. The van der Waals surface area contributed by atoms with Crippen LogP contribution in [0.1, 0.15) is 47.7 Å². The number of amides is 1. The lowest BCUT2D eigenvalue weighted by Crippen LogP contribution is -2.28. The Morgan fingerprint density at radius 1 is 0.964 bits per heavy atom. The zero-order valence-electron chi connectivity index (χ0n) is 16.4. The minimum atomic E-state index is -0.171. The lowest BCUT2D eigenvalue weighted by Gasteiger charge is -2.14. The van der Waals surface area contributed by atoms with Gasteiger partial charge in [-0.05, 0) is 61.3 Å². The van der Waals surface area contributed by atoms with Gasteiger partial charge >= 0.3 is 0 Å². The molecule has 0 radical (unpaired) electrons. The van der Waals surface area contributed by atoms with Crippen LogP contribution in [0.5, 0.6) is 5.75 Å². The van der Waals surface area contributed by atoms with E-state index in [0.717, 1.165) is 12.1 Å². The smallest absolute Gasteiger partial charge is 0.258 e. The number of ketones is 1. The van der Waals surface area contributed by atoms with Gasteiger partial charge in [0.15, 0.2) is 12.4 Å². The van der Waals surface area contributed by atoms with Gasteiger partial charge in [-0.15, -0.1) is 0 Å². The van der Waals surface area contributed by atoms with Gasteiger partial charge in [-0.3, -0.25) is 14.5 Å². The Hall–Kier alpha value is -2.66. The minimum absolute atomic E-state index is 0.0475. The lowest BCUT2D eigenvalue weighted by atomic mass is 10.1. The number of carbonyl (C=O) groups excluding carboxylic acids is 2. The van der Waals surface area contributed by atoms with Gasteiger partial charge in [0.1, 0.15) is 5.75 Å². The number of hydrogen-bond acceptors (Lipinski definition) is 4. The summed E-state index contributed by atoms with van der Waals surface area (Å²) in [5, 5.41) is 2.87. The quantitative estimate of drug-likeness (QED) is 0.676. The average molecular weight is 380 g/mol. The molecule has 1 aliphatic rings. The van der Waals surface area contributed by atoms with Crippen molar-refractivity contribution in [3.63, 3.8) is 0 Å². The molecule has 5 heteroatoms. The lowest BCUT2D eigenvalue weighted by molar-refractivity contribution is -0.123. The highest BCUT2D eigenvalue weighted by Crippen LogP contribution is 2.14. The number of rotatable bonds is 9. The summed E-state index contributed by atoms with van der Waals surface area (Å²) in [7, 11) is 0. The van der Waals surface area contributed by atoms with Crippen LogP contribution in [0.25, 0.3) is 0 Å². The first-order valence-corrected chi connectivity index (χ1v) is 9.97. The summed E-state index contributed by atoms with van der Waals surface area (Å²) in [5.74, 6) is 0.500. The largest absolute Gasteiger partial charge is 0.484 e. The first-order chi connectivity index (χ1) is 13.6. The van der Waals surface area contributed by atoms with Gasteiger partial charge in [0.05, 0.1) is 0 Å². The van der Waals surface area contributed by atoms with Crippen molar-refractivity contribution in [1.29, 1.82) is 0 Å². The van der Waals surface area contributed by atoms with Gasteiger partial charge in [0.25, 0.3) is 5.91 Å². The topological polar surface area (TPSA) is 58.6 Å². The van der Waals surface area contributed by atoms with Crippen LogP contribution < -0.4 is 10.1 Å². The van der Waals surface area contributed by atoms with Crippen LogP contribution in [0.3, 0.4) is 0 Å². The summed E-state index contributed by atoms with van der Waals surface area (Å²) in [6.07, 6.45) is 3.07. The molecular formula is C23H28N2O3. The molecule has 0 aromatic heterocycles. The highest BCUT2D eigenvalue weighted by molar-refractivity contribution is 5.95. The molecular weight excluding hydrogens is 352 g/mol. The first kappa shape index (κ1) is 20.1. The van der Waals surface area contributed by atoms with E-state index in [1.54, 1.807) is 24.3 Å². The second-order valence-electron chi connectivity index (χ2n) is 7.17. The molecule has 2 aromatic rings. The maximum atomic E-state index is 12.0. The molecule has 3 rings (SSSR count). The monoisotopic (exact) mass is 380 g/mol. The third kappa shape index (κ3) is 5.92. The van der Waals surface area contributed by atoms with Crippen LogP contribution in [0.2, 0.25) is 0 Å². The number of nitrogens with one attached hydrogen (secondary N) is 1. The Kier molecular flexibility index (Phi) is 7.20. The molecule has 1 N–H and O–H groups in total. The van der Waals surface area contributed by atoms with Crippen molar-refractivity contribution in [2.75, 3.05) is 19.7 Å². The zero-order valence-corrected chi connectivity index (χ0v) is 16.4. The molecule has 1 fully saturated rings. The Labute approximate surface area is 166 Å². The Bertz CT molecular complexity index is 778. The number of benzene rings is 2. The van der Waals surface area contributed by atoms with E-state index in [1.165, 1.54) is 31.5 Å². The van der Waals surface area contributed by atoms with E-state index >= 15 is 0 Å². The average Bonchev–Trinajstić information content (AvgIpc) is 3.24. The molecule has 148 valence electrons. The number of nitrogens with zero attached hydrogens (tertiary/aromatic N) is 1. The van der Waals surface area contributed by atoms with Gasteiger partial charge in [0, 0.05) is 25.1 Å². The molecule has 2 aromatic carbocycles. The second-order valence-corrected chi connectivity index (χ2v) is 7.17. The maximum absolute atomic E-state index is 12.0. The van der Waals surface area contributed by atoms with Gasteiger partial charge in [-0.25, -0.2) is 0 Å². The third-order valence-corrected chi connectivity index (χ3v) is 4.98. The number of likely N-dealkylation sites (tertiary alicyclic amines) is 1. The van der Waals surface area contributed by atoms with Crippen LogP contribution in [-0.2, 0) is 17.9 Å². The van der Waals surface area contributed by atoms with Crippen molar-refractivity contribution in [3.05, 3.63) is 65.2 Å². The zero-order chi connectivity index (χ0) is 19.8. The van der Waals surface area contributed by atoms with Crippen LogP contribution in [0.15, 0.2) is 48.5 Å².